The second kappa shape index (κ2) is 3.63. The van der Waals surface area contributed by atoms with Crippen LogP contribution in [-0.4, -0.2) is 27.5 Å². The molecule has 1 atom stereocenters. The lowest BCUT2D eigenvalue weighted by Gasteiger charge is -2.08. The van der Waals surface area contributed by atoms with Crippen LogP contribution < -0.4 is 5.73 Å². The molecule has 1 aliphatic rings. The topological polar surface area (TPSA) is 66.0 Å². The van der Waals surface area contributed by atoms with Crippen LogP contribution in [0.5, 0.6) is 0 Å². The number of anilines is 1. The van der Waals surface area contributed by atoms with E-state index in [4.69, 9.17) is 10.5 Å². The minimum Gasteiger partial charge on any atom is -0.376 e. The molecule has 0 aliphatic carbocycles. The maximum absolute atomic E-state index is 5.47. The Morgan fingerprint density at radius 2 is 2.54 bits per heavy atom. The predicted octanol–water partition coefficient (Wildman–Crippen LogP) is 0.802. The first-order valence-corrected chi connectivity index (χ1v) is 5.02. The lowest BCUT2D eigenvalue weighted by molar-refractivity contribution is 0.0933. The van der Waals surface area contributed by atoms with Crippen LogP contribution in [0.3, 0.4) is 0 Å². The molecule has 1 fully saturated rings. The zero-order valence-corrected chi connectivity index (χ0v) is 8.70. The number of nitrogen functional groups attached to an aromatic ring is 1. The molecular weight excluding hydrogens is 236 g/mol. The van der Waals surface area contributed by atoms with Crippen molar-refractivity contribution in [3.8, 4) is 0 Å². The van der Waals surface area contributed by atoms with Gasteiger partial charge in [0.25, 0.3) is 0 Å². The number of ether oxygens (including phenoxy) is 1. The molecule has 0 amide bonds. The lowest BCUT2D eigenvalue weighted by Crippen LogP contribution is -2.16. The number of nitrogens with zero attached hydrogens (tertiary/aromatic N) is 3. The highest BCUT2D eigenvalue weighted by Crippen LogP contribution is 2.16. The summed E-state index contributed by atoms with van der Waals surface area (Å²) in [6, 6.07) is 0. The van der Waals surface area contributed by atoms with E-state index in [0.717, 1.165) is 26.0 Å². The third-order valence-corrected chi connectivity index (χ3v) is 2.63. The van der Waals surface area contributed by atoms with Crippen molar-refractivity contribution in [2.24, 2.45) is 0 Å². The molecule has 1 aromatic heterocycles. The Kier molecular flexibility index (Phi) is 2.50. The molecule has 1 saturated heterocycles. The van der Waals surface area contributed by atoms with Crippen molar-refractivity contribution >= 4 is 21.9 Å². The van der Waals surface area contributed by atoms with Gasteiger partial charge in [0.1, 0.15) is 0 Å². The molecule has 72 valence electrons. The lowest BCUT2D eigenvalue weighted by atomic mass is 10.2. The second-order valence-corrected chi connectivity index (χ2v) is 3.77. The zero-order valence-electron chi connectivity index (χ0n) is 7.11. The maximum Gasteiger partial charge on any atom is 0.240 e. The molecule has 0 spiro atoms. The largest absolute Gasteiger partial charge is 0.376 e. The quantitative estimate of drug-likeness (QED) is 0.839. The van der Waals surface area contributed by atoms with E-state index >= 15 is 0 Å². The molecule has 2 N–H and O–H groups in total. The standard InChI is InChI=1S/C7H11BrN4O/c8-6-10-7(9)11-12(6)4-5-2-1-3-13-5/h5H,1-4H2,(H2,9,11). The first-order chi connectivity index (χ1) is 6.25. The van der Waals surface area contributed by atoms with Gasteiger partial charge in [-0.2, -0.15) is 4.98 Å². The summed E-state index contributed by atoms with van der Waals surface area (Å²) in [6.45, 7) is 1.58. The van der Waals surface area contributed by atoms with Gasteiger partial charge in [0, 0.05) is 6.61 Å². The number of hydrogen-bond acceptors (Lipinski definition) is 4. The van der Waals surface area contributed by atoms with Gasteiger partial charge in [-0.25, -0.2) is 4.68 Å². The van der Waals surface area contributed by atoms with Crippen LogP contribution in [0.1, 0.15) is 12.8 Å². The highest BCUT2D eigenvalue weighted by atomic mass is 79.9. The third kappa shape index (κ3) is 2.00. The number of halogens is 1. The number of aromatic nitrogens is 3. The highest BCUT2D eigenvalue weighted by Gasteiger charge is 2.18. The number of nitrogens with two attached hydrogens (primary N) is 1. The van der Waals surface area contributed by atoms with Gasteiger partial charge < -0.3 is 10.5 Å². The fourth-order valence-corrected chi connectivity index (χ4v) is 1.84. The fraction of sp³-hybridized carbons (Fsp3) is 0.714. The van der Waals surface area contributed by atoms with E-state index in [-0.39, 0.29) is 6.10 Å². The van der Waals surface area contributed by atoms with Gasteiger partial charge in [0.2, 0.25) is 5.95 Å². The van der Waals surface area contributed by atoms with E-state index in [1.165, 1.54) is 0 Å². The van der Waals surface area contributed by atoms with Crippen molar-refractivity contribution in [1.29, 1.82) is 0 Å². The number of rotatable bonds is 2. The molecule has 0 bridgehead atoms. The van der Waals surface area contributed by atoms with Crippen LogP contribution in [0.2, 0.25) is 0 Å². The molecule has 6 heteroatoms. The van der Waals surface area contributed by atoms with Crippen molar-refractivity contribution in [2.75, 3.05) is 12.3 Å². The average Bonchev–Trinajstić information content (AvgIpc) is 2.63. The Morgan fingerprint density at radius 1 is 1.69 bits per heavy atom. The summed E-state index contributed by atoms with van der Waals surface area (Å²) in [6.07, 6.45) is 2.48. The molecule has 0 aromatic carbocycles. The predicted molar refractivity (Wildman–Crippen MR) is 51.1 cm³/mol. The SMILES string of the molecule is Nc1nc(Br)n(CC2CCCO2)n1. The summed E-state index contributed by atoms with van der Waals surface area (Å²) in [5.41, 5.74) is 5.44. The Labute approximate surface area is 84.4 Å². The van der Waals surface area contributed by atoms with Crippen molar-refractivity contribution in [3.63, 3.8) is 0 Å². The molecule has 5 nitrogen and oxygen atoms in total. The van der Waals surface area contributed by atoms with Crippen LogP contribution in [0, 0.1) is 0 Å². The molecular formula is C7H11BrN4O. The third-order valence-electron chi connectivity index (χ3n) is 2.04. The molecule has 0 radical (unpaired) electrons. The minimum atomic E-state index is 0.261. The Bertz CT molecular complexity index is 295. The van der Waals surface area contributed by atoms with Crippen LogP contribution in [-0.2, 0) is 11.3 Å². The van der Waals surface area contributed by atoms with Gasteiger partial charge in [0.15, 0.2) is 4.73 Å². The van der Waals surface area contributed by atoms with E-state index in [2.05, 4.69) is 26.0 Å². The fourth-order valence-electron chi connectivity index (χ4n) is 1.44. The smallest absolute Gasteiger partial charge is 0.240 e. The molecule has 13 heavy (non-hydrogen) atoms. The van der Waals surface area contributed by atoms with Gasteiger partial charge in [-0.1, -0.05) is 0 Å². The first-order valence-electron chi connectivity index (χ1n) is 4.23. The van der Waals surface area contributed by atoms with Gasteiger partial charge in [-0.15, -0.1) is 5.10 Å². The van der Waals surface area contributed by atoms with Crippen molar-refractivity contribution in [1.82, 2.24) is 14.8 Å². The van der Waals surface area contributed by atoms with Crippen LogP contribution in [0.4, 0.5) is 5.95 Å². The molecule has 1 aromatic rings. The minimum absolute atomic E-state index is 0.261. The summed E-state index contributed by atoms with van der Waals surface area (Å²) >= 11 is 3.28. The normalized spacial score (nSPS) is 22.4. The average molecular weight is 247 g/mol. The van der Waals surface area contributed by atoms with Gasteiger partial charge in [0.05, 0.1) is 12.6 Å². The molecule has 2 rings (SSSR count). The van der Waals surface area contributed by atoms with Crippen molar-refractivity contribution < 1.29 is 4.74 Å². The zero-order chi connectivity index (χ0) is 9.26. The Balaban J connectivity index is 2.03. The van der Waals surface area contributed by atoms with Crippen molar-refractivity contribution in [2.45, 2.75) is 25.5 Å². The van der Waals surface area contributed by atoms with Gasteiger partial charge in [-0.3, -0.25) is 0 Å². The summed E-state index contributed by atoms with van der Waals surface area (Å²) in [7, 11) is 0. The highest BCUT2D eigenvalue weighted by molar-refractivity contribution is 9.10. The molecule has 0 saturated carbocycles. The van der Waals surface area contributed by atoms with Gasteiger partial charge in [-0.05, 0) is 28.8 Å². The molecule has 2 heterocycles. The van der Waals surface area contributed by atoms with Crippen molar-refractivity contribution in [3.05, 3.63) is 4.73 Å². The van der Waals surface area contributed by atoms with Crippen LogP contribution in [0.15, 0.2) is 4.73 Å². The van der Waals surface area contributed by atoms with E-state index in [1.807, 2.05) is 0 Å². The summed E-state index contributed by atoms with van der Waals surface area (Å²) in [4.78, 5) is 3.94. The summed E-state index contributed by atoms with van der Waals surface area (Å²) in [5.74, 6) is 0.296. The Hall–Kier alpha value is -0.620. The number of hydrogen-bond donors (Lipinski definition) is 1. The Morgan fingerprint density at radius 3 is 3.08 bits per heavy atom. The van der Waals surface area contributed by atoms with E-state index in [1.54, 1.807) is 4.68 Å². The summed E-state index contributed by atoms with van der Waals surface area (Å²) < 4.78 is 7.87. The summed E-state index contributed by atoms with van der Waals surface area (Å²) in [5, 5.41) is 4.03. The molecule has 1 unspecified atom stereocenters. The van der Waals surface area contributed by atoms with Gasteiger partial charge >= 0.3 is 0 Å². The second-order valence-electron chi connectivity index (χ2n) is 3.06. The van der Waals surface area contributed by atoms with E-state index in [0.29, 0.717) is 10.7 Å². The van der Waals surface area contributed by atoms with Crippen LogP contribution in [0.25, 0.3) is 0 Å². The molecule has 1 aliphatic heterocycles. The van der Waals surface area contributed by atoms with E-state index < -0.39 is 0 Å². The monoisotopic (exact) mass is 246 g/mol. The van der Waals surface area contributed by atoms with Crippen LogP contribution >= 0.6 is 15.9 Å². The first kappa shape index (κ1) is 8.96. The maximum atomic E-state index is 5.47. The van der Waals surface area contributed by atoms with E-state index in [9.17, 15) is 0 Å².